The second-order valence-corrected chi connectivity index (χ2v) is 7.94. The molecule has 1 saturated carbocycles. The molecule has 0 spiro atoms. The van der Waals surface area contributed by atoms with Crippen LogP contribution in [0.3, 0.4) is 0 Å². The van der Waals surface area contributed by atoms with Crippen molar-refractivity contribution < 1.29 is 5.11 Å². The number of hydrogen-bond donors (Lipinski definition) is 2. The lowest BCUT2D eigenvalue weighted by Gasteiger charge is -2.29. The number of fused-ring (bicyclic) bond motifs is 1. The van der Waals surface area contributed by atoms with Crippen molar-refractivity contribution in [1.29, 1.82) is 0 Å². The number of hydrogen-bond acceptors (Lipinski definition) is 6. The highest BCUT2D eigenvalue weighted by Gasteiger charge is 2.25. The van der Waals surface area contributed by atoms with Crippen LogP contribution in [0.4, 0.5) is 11.8 Å². The van der Waals surface area contributed by atoms with E-state index in [1.165, 1.54) is 18.4 Å². The summed E-state index contributed by atoms with van der Waals surface area (Å²) in [6.45, 7) is 3.23. The van der Waals surface area contributed by atoms with Crippen LogP contribution in [0.1, 0.15) is 31.2 Å². The fourth-order valence-electron chi connectivity index (χ4n) is 3.76. The predicted octanol–water partition coefficient (Wildman–Crippen LogP) is 2.81. The Morgan fingerprint density at radius 2 is 1.82 bits per heavy atom. The standard InChI is InChI=1S/C21H26N6O/c28-17-8-10-26(11-9-17)21-24-19(22-12-15-4-2-1-3-5-15)18-20(25-21)27(14-23-18)13-16-6-7-16/h1-5,14,16-17,28H,6-13H2,(H,22,24,25). The number of nitrogens with one attached hydrogen (secondary N) is 1. The number of benzene rings is 1. The van der Waals surface area contributed by atoms with Crippen LogP contribution in [0.15, 0.2) is 36.7 Å². The molecule has 2 fully saturated rings. The number of rotatable bonds is 6. The van der Waals surface area contributed by atoms with Crippen LogP contribution in [0.5, 0.6) is 0 Å². The third kappa shape index (κ3) is 3.67. The van der Waals surface area contributed by atoms with Gasteiger partial charge in [0, 0.05) is 26.2 Å². The van der Waals surface area contributed by atoms with Gasteiger partial charge >= 0.3 is 0 Å². The van der Waals surface area contributed by atoms with Crippen molar-refractivity contribution in [1.82, 2.24) is 19.5 Å². The van der Waals surface area contributed by atoms with Crippen molar-refractivity contribution >= 4 is 22.9 Å². The molecule has 0 unspecified atom stereocenters. The molecule has 5 rings (SSSR count). The zero-order valence-corrected chi connectivity index (χ0v) is 16.0. The highest BCUT2D eigenvalue weighted by atomic mass is 16.3. The normalized spacial score (nSPS) is 18.0. The van der Waals surface area contributed by atoms with Crippen LogP contribution in [-0.2, 0) is 13.1 Å². The number of aliphatic hydroxyl groups excluding tert-OH is 1. The zero-order valence-electron chi connectivity index (χ0n) is 16.0. The summed E-state index contributed by atoms with van der Waals surface area (Å²) in [6.07, 6.45) is 5.79. The Labute approximate surface area is 164 Å². The first-order valence-corrected chi connectivity index (χ1v) is 10.2. The summed E-state index contributed by atoms with van der Waals surface area (Å²) in [5.74, 6) is 2.26. The average molecular weight is 378 g/mol. The smallest absolute Gasteiger partial charge is 0.229 e. The quantitative estimate of drug-likeness (QED) is 0.687. The molecule has 2 aliphatic rings. The molecule has 0 radical (unpaired) electrons. The van der Waals surface area contributed by atoms with Crippen molar-refractivity contribution in [3.63, 3.8) is 0 Å². The lowest BCUT2D eigenvalue weighted by atomic mass is 10.1. The summed E-state index contributed by atoms with van der Waals surface area (Å²) in [5.41, 5.74) is 2.94. The highest BCUT2D eigenvalue weighted by Crippen LogP contribution is 2.32. The Morgan fingerprint density at radius 3 is 2.57 bits per heavy atom. The van der Waals surface area contributed by atoms with Crippen molar-refractivity contribution in [2.45, 2.75) is 44.9 Å². The molecule has 7 heteroatoms. The molecular formula is C21H26N6O. The third-order valence-electron chi connectivity index (χ3n) is 5.65. The Balaban J connectivity index is 1.48. The van der Waals surface area contributed by atoms with Gasteiger partial charge in [-0.25, -0.2) is 4.98 Å². The second kappa shape index (κ2) is 7.39. The molecule has 1 aromatic carbocycles. The number of aliphatic hydroxyl groups is 1. The molecule has 0 amide bonds. The van der Waals surface area contributed by atoms with E-state index in [1.54, 1.807) is 0 Å². The van der Waals surface area contributed by atoms with Gasteiger partial charge in [0.2, 0.25) is 5.95 Å². The molecule has 28 heavy (non-hydrogen) atoms. The van der Waals surface area contributed by atoms with Crippen LogP contribution < -0.4 is 10.2 Å². The van der Waals surface area contributed by atoms with Crippen LogP contribution in [0.25, 0.3) is 11.2 Å². The highest BCUT2D eigenvalue weighted by molar-refractivity contribution is 5.84. The van der Waals surface area contributed by atoms with Gasteiger partial charge in [-0.1, -0.05) is 30.3 Å². The molecule has 1 aliphatic carbocycles. The Kier molecular flexibility index (Phi) is 4.60. The van der Waals surface area contributed by atoms with Gasteiger partial charge in [-0.3, -0.25) is 0 Å². The predicted molar refractivity (Wildman–Crippen MR) is 109 cm³/mol. The summed E-state index contributed by atoms with van der Waals surface area (Å²) in [7, 11) is 0. The monoisotopic (exact) mass is 378 g/mol. The topological polar surface area (TPSA) is 79.1 Å². The van der Waals surface area contributed by atoms with Crippen LogP contribution in [-0.4, -0.2) is 43.8 Å². The number of imidazole rings is 1. The van der Waals surface area contributed by atoms with Gasteiger partial charge in [-0.05, 0) is 37.2 Å². The van der Waals surface area contributed by atoms with Crippen molar-refractivity contribution in [3.8, 4) is 0 Å². The zero-order chi connectivity index (χ0) is 18.9. The number of aromatic nitrogens is 4. The van der Waals surface area contributed by atoms with Crippen molar-refractivity contribution in [2.75, 3.05) is 23.3 Å². The van der Waals surface area contributed by atoms with E-state index >= 15 is 0 Å². The molecule has 7 nitrogen and oxygen atoms in total. The second-order valence-electron chi connectivity index (χ2n) is 7.94. The van der Waals surface area contributed by atoms with Crippen LogP contribution in [0.2, 0.25) is 0 Å². The van der Waals surface area contributed by atoms with Crippen LogP contribution >= 0.6 is 0 Å². The summed E-state index contributed by atoms with van der Waals surface area (Å²) >= 11 is 0. The first-order chi connectivity index (χ1) is 13.8. The van der Waals surface area contributed by atoms with E-state index in [9.17, 15) is 5.11 Å². The number of anilines is 2. The summed E-state index contributed by atoms with van der Waals surface area (Å²) in [4.78, 5) is 16.5. The molecule has 2 aromatic heterocycles. The Bertz CT molecular complexity index is 944. The minimum atomic E-state index is -0.212. The summed E-state index contributed by atoms with van der Waals surface area (Å²) in [5, 5.41) is 13.3. The maximum atomic E-state index is 9.83. The van der Waals surface area contributed by atoms with Gasteiger partial charge in [0.15, 0.2) is 17.0 Å². The maximum absolute atomic E-state index is 9.83. The molecule has 1 aliphatic heterocycles. The maximum Gasteiger partial charge on any atom is 0.229 e. The summed E-state index contributed by atoms with van der Waals surface area (Å²) in [6, 6.07) is 10.3. The average Bonchev–Trinajstić information content (AvgIpc) is 3.46. The SMILES string of the molecule is OC1CCN(c2nc(NCc3ccccc3)c3ncn(CC4CC4)c3n2)CC1. The van der Waals surface area contributed by atoms with Gasteiger partial charge in [-0.2, -0.15) is 9.97 Å². The molecule has 3 heterocycles. The molecule has 0 atom stereocenters. The van der Waals surface area contributed by atoms with E-state index in [0.29, 0.717) is 6.54 Å². The fraction of sp³-hybridized carbons (Fsp3) is 0.476. The molecular weight excluding hydrogens is 352 g/mol. The number of nitrogens with zero attached hydrogens (tertiary/aromatic N) is 5. The lowest BCUT2D eigenvalue weighted by Crippen LogP contribution is -2.37. The van der Waals surface area contributed by atoms with E-state index in [2.05, 4.69) is 31.9 Å². The van der Waals surface area contributed by atoms with Gasteiger partial charge in [-0.15, -0.1) is 0 Å². The Morgan fingerprint density at radius 1 is 1.04 bits per heavy atom. The van der Waals surface area contributed by atoms with Gasteiger partial charge in [0.25, 0.3) is 0 Å². The fourth-order valence-corrected chi connectivity index (χ4v) is 3.76. The van der Waals surface area contributed by atoms with Gasteiger partial charge < -0.3 is 19.9 Å². The minimum absolute atomic E-state index is 0.212. The molecule has 0 bridgehead atoms. The van der Waals surface area contributed by atoms with E-state index in [0.717, 1.165) is 61.3 Å². The minimum Gasteiger partial charge on any atom is -0.393 e. The third-order valence-corrected chi connectivity index (χ3v) is 5.65. The molecule has 1 saturated heterocycles. The van der Waals surface area contributed by atoms with E-state index in [-0.39, 0.29) is 6.10 Å². The first kappa shape index (κ1) is 17.4. The van der Waals surface area contributed by atoms with E-state index < -0.39 is 0 Å². The van der Waals surface area contributed by atoms with Crippen molar-refractivity contribution in [2.24, 2.45) is 5.92 Å². The van der Waals surface area contributed by atoms with Gasteiger partial charge in [0.1, 0.15) is 0 Å². The van der Waals surface area contributed by atoms with Crippen LogP contribution in [0, 0.1) is 5.92 Å². The lowest BCUT2D eigenvalue weighted by molar-refractivity contribution is 0.145. The molecule has 146 valence electrons. The van der Waals surface area contributed by atoms with E-state index in [4.69, 9.17) is 9.97 Å². The summed E-state index contributed by atoms with van der Waals surface area (Å²) < 4.78 is 2.17. The first-order valence-electron chi connectivity index (χ1n) is 10.2. The van der Waals surface area contributed by atoms with E-state index in [1.807, 2.05) is 24.5 Å². The van der Waals surface area contributed by atoms with Crippen molar-refractivity contribution in [3.05, 3.63) is 42.2 Å². The number of piperidine rings is 1. The van der Waals surface area contributed by atoms with Gasteiger partial charge in [0.05, 0.1) is 12.4 Å². The Hall–Kier alpha value is -2.67. The largest absolute Gasteiger partial charge is 0.393 e. The molecule has 2 N–H and O–H groups in total. The molecule has 3 aromatic rings.